The summed E-state index contributed by atoms with van der Waals surface area (Å²) in [5, 5.41) is 4.14. The number of amides is 1. The van der Waals surface area contributed by atoms with Crippen LogP contribution in [0.4, 0.5) is 5.69 Å². The number of carbonyl (C=O) groups excluding carboxylic acids is 2. The van der Waals surface area contributed by atoms with Gasteiger partial charge in [-0.25, -0.2) is 0 Å². The SMILES string of the molecule is O=C1CC(=O)N(c2ccc(Cn3cccn3)cc2)C1. The Kier molecular flexibility index (Phi) is 2.87. The maximum absolute atomic E-state index is 11.6. The van der Waals surface area contributed by atoms with Crippen molar-refractivity contribution in [3.63, 3.8) is 0 Å². The Labute approximate surface area is 110 Å². The molecule has 0 bridgehead atoms. The van der Waals surface area contributed by atoms with E-state index in [9.17, 15) is 9.59 Å². The summed E-state index contributed by atoms with van der Waals surface area (Å²) >= 11 is 0. The fourth-order valence-electron chi connectivity index (χ4n) is 2.18. The smallest absolute Gasteiger partial charge is 0.234 e. The highest BCUT2D eigenvalue weighted by molar-refractivity contribution is 6.14. The molecule has 96 valence electrons. The minimum Gasteiger partial charge on any atom is -0.305 e. The second-order valence-electron chi connectivity index (χ2n) is 4.57. The molecule has 1 aromatic carbocycles. The summed E-state index contributed by atoms with van der Waals surface area (Å²) < 4.78 is 1.83. The highest BCUT2D eigenvalue weighted by Gasteiger charge is 2.28. The predicted molar refractivity (Wildman–Crippen MR) is 69.7 cm³/mol. The van der Waals surface area contributed by atoms with Crippen LogP contribution >= 0.6 is 0 Å². The first-order valence-electron chi connectivity index (χ1n) is 6.11. The Morgan fingerprint density at radius 3 is 2.53 bits per heavy atom. The molecule has 2 heterocycles. The zero-order valence-electron chi connectivity index (χ0n) is 10.3. The van der Waals surface area contributed by atoms with Crippen molar-refractivity contribution in [2.75, 3.05) is 11.4 Å². The minimum absolute atomic E-state index is 0.0226. The quantitative estimate of drug-likeness (QED) is 0.775. The van der Waals surface area contributed by atoms with E-state index in [1.54, 1.807) is 6.20 Å². The van der Waals surface area contributed by atoms with E-state index < -0.39 is 0 Å². The van der Waals surface area contributed by atoms with E-state index in [0.717, 1.165) is 11.3 Å². The van der Waals surface area contributed by atoms with Gasteiger partial charge < -0.3 is 4.90 Å². The van der Waals surface area contributed by atoms with Gasteiger partial charge in [-0.1, -0.05) is 12.1 Å². The molecule has 0 atom stereocenters. The third kappa shape index (κ3) is 2.40. The molecule has 0 radical (unpaired) electrons. The van der Waals surface area contributed by atoms with E-state index in [1.807, 2.05) is 41.2 Å². The lowest BCUT2D eigenvalue weighted by Crippen LogP contribution is -2.24. The first-order valence-corrected chi connectivity index (χ1v) is 6.11. The minimum atomic E-state index is -0.121. The zero-order valence-corrected chi connectivity index (χ0v) is 10.3. The summed E-state index contributed by atoms with van der Waals surface area (Å²) in [4.78, 5) is 24.4. The third-order valence-electron chi connectivity index (χ3n) is 3.14. The van der Waals surface area contributed by atoms with E-state index in [1.165, 1.54) is 4.90 Å². The standard InChI is InChI=1S/C14H13N3O2/c18-13-8-14(19)17(10-13)12-4-2-11(3-5-12)9-16-7-1-6-15-16/h1-7H,8-10H2. The Bertz CT molecular complexity index is 602. The highest BCUT2D eigenvalue weighted by atomic mass is 16.2. The van der Waals surface area contributed by atoms with Crippen molar-refractivity contribution in [1.82, 2.24) is 9.78 Å². The lowest BCUT2D eigenvalue weighted by atomic mass is 10.2. The monoisotopic (exact) mass is 255 g/mol. The maximum Gasteiger partial charge on any atom is 0.234 e. The van der Waals surface area contributed by atoms with Crippen molar-refractivity contribution in [3.05, 3.63) is 48.3 Å². The number of hydrogen-bond acceptors (Lipinski definition) is 3. The van der Waals surface area contributed by atoms with Crippen molar-refractivity contribution in [2.45, 2.75) is 13.0 Å². The summed E-state index contributed by atoms with van der Waals surface area (Å²) in [6.07, 6.45) is 3.66. The Morgan fingerprint density at radius 1 is 1.16 bits per heavy atom. The van der Waals surface area contributed by atoms with E-state index in [4.69, 9.17) is 0 Å². The normalized spacial score (nSPS) is 15.3. The molecular weight excluding hydrogens is 242 g/mol. The van der Waals surface area contributed by atoms with Crippen LogP contribution in [-0.4, -0.2) is 28.0 Å². The lowest BCUT2D eigenvalue weighted by Gasteiger charge is -2.15. The van der Waals surface area contributed by atoms with Gasteiger partial charge in [0, 0.05) is 18.1 Å². The topological polar surface area (TPSA) is 55.2 Å². The van der Waals surface area contributed by atoms with Crippen LogP contribution in [0.25, 0.3) is 0 Å². The number of carbonyl (C=O) groups is 2. The van der Waals surface area contributed by atoms with E-state index in [-0.39, 0.29) is 24.7 Å². The van der Waals surface area contributed by atoms with Gasteiger partial charge in [0.2, 0.25) is 5.91 Å². The molecule has 1 aliphatic rings. The molecule has 5 nitrogen and oxygen atoms in total. The number of Topliss-reactive ketones (excluding diaryl/α,β-unsaturated/α-hetero) is 1. The van der Waals surface area contributed by atoms with Crippen LogP contribution in [0, 0.1) is 0 Å². The van der Waals surface area contributed by atoms with Gasteiger partial charge in [0.15, 0.2) is 5.78 Å². The van der Waals surface area contributed by atoms with E-state index in [2.05, 4.69) is 5.10 Å². The van der Waals surface area contributed by atoms with Gasteiger partial charge >= 0.3 is 0 Å². The summed E-state index contributed by atoms with van der Waals surface area (Å²) in [7, 11) is 0. The molecule has 0 unspecified atom stereocenters. The molecule has 0 saturated carbocycles. The highest BCUT2D eigenvalue weighted by Crippen LogP contribution is 2.20. The van der Waals surface area contributed by atoms with Crippen LogP contribution in [-0.2, 0) is 16.1 Å². The van der Waals surface area contributed by atoms with Crippen molar-refractivity contribution < 1.29 is 9.59 Å². The van der Waals surface area contributed by atoms with E-state index in [0.29, 0.717) is 6.54 Å². The predicted octanol–water partition coefficient (Wildman–Crippen LogP) is 1.24. The second-order valence-corrected chi connectivity index (χ2v) is 4.57. The molecular formula is C14H13N3O2. The summed E-state index contributed by atoms with van der Waals surface area (Å²) in [6.45, 7) is 0.886. The van der Waals surface area contributed by atoms with Gasteiger partial charge in [-0.15, -0.1) is 0 Å². The molecule has 1 amide bonds. The third-order valence-corrected chi connectivity index (χ3v) is 3.14. The van der Waals surface area contributed by atoms with Crippen LogP contribution in [0.5, 0.6) is 0 Å². The van der Waals surface area contributed by atoms with Crippen molar-refractivity contribution in [3.8, 4) is 0 Å². The summed E-state index contributed by atoms with van der Waals surface area (Å²) in [5.74, 6) is -0.143. The first-order chi connectivity index (χ1) is 9.22. The molecule has 0 spiro atoms. The Morgan fingerprint density at radius 2 is 1.95 bits per heavy atom. The Balaban J connectivity index is 1.75. The molecule has 1 aromatic heterocycles. The first kappa shape index (κ1) is 11.6. The average Bonchev–Trinajstić information content (AvgIpc) is 3.00. The van der Waals surface area contributed by atoms with Gasteiger partial charge in [0.1, 0.15) is 0 Å². The molecule has 1 aliphatic heterocycles. The number of anilines is 1. The number of benzene rings is 1. The van der Waals surface area contributed by atoms with Crippen molar-refractivity contribution in [2.24, 2.45) is 0 Å². The van der Waals surface area contributed by atoms with Gasteiger partial charge in [0.05, 0.1) is 19.5 Å². The Hall–Kier alpha value is -2.43. The molecule has 1 fully saturated rings. The molecule has 0 N–H and O–H groups in total. The van der Waals surface area contributed by atoms with Gasteiger partial charge in [0.25, 0.3) is 0 Å². The summed E-state index contributed by atoms with van der Waals surface area (Å²) in [6, 6.07) is 9.52. The maximum atomic E-state index is 11.6. The van der Waals surface area contributed by atoms with Gasteiger partial charge in [-0.2, -0.15) is 5.10 Å². The van der Waals surface area contributed by atoms with Crippen LogP contribution in [0.15, 0.2) is 42.7 Å². The molecule has 0 aliphatic carbocycles. The van der Waals surface area contributed by atoms with Gasteiger partial charge in [-0.05, 0) is 23.8 Å². The molecule has 3 rings (SSSR count). The lowest BCUT2D eigenvalue weighted by molar-refractivity contribution is -0.121. The summed E-state index contributed by atoms with van der Waals surface area (Å²) in [5.41, 5.74) is 1.88. The van der Waals surface area contributed by atoms with Crippen LogP contribution in [0.1, 0.15) is 12.0 Å². The molecule has 19 heavy (non-hydrogen) atoms. The largest absolute Gasteiger partial charge is 0.305 e. The fraction of sp³-hybridized carbons (Fsp3) is 0.214. The molecule has 2 aromatic rings. The van der Waals surface area contributed by atoms with Crippen molar-refractivity contribution in [1.29, 1.82) is 0 Å². The van der Waals surface area contributed by atoms with Crippen LogP contribution in [0.3, 0.4) is 0 Å². The molecule has 5 heteroatoms. The van der Waals surface area contributed by atoms with Crippen LogP contribution < -0.4 is 4.90 Å². The van der Waals surface area contributed by atoms with Gasteiger partial charge in [-0.3, -0.25) is 14.3 Å². The number of aromatic nitrogens is 2. The van der Waals surface area contributed by atoms with Crippen LogP contribution in [0.2, 0.25) is 0 Å². The second kappa shape index (κ2) is 4.68. The van der Waals surface area contributed by atoms with Crippen molar-refractivity contribution >= 4 is 17.4 Å². The number of rotatable bonds is 3. The fourth-order valence-corrected chi connectivity index (χ4v) is 2.18. The average molecular weight is 255 g/mol. The number of ketones is 1. The zero-order chi connectivity index (χ0) is 13.2. The molecule has 1 saturated heterocycles. The number of hydrogen-bond donors (Lipinski definition) is 0. The number of nitrogens with zero attached hydrogens (tertiary/aromatic N) is 3. The van der Waals surface area contributed by atoms with E-state index >= 15 is 0 Å².